The Balaban J connectivity index is 2.06. The Bertz CT molecular complexity index is 508. The molecular weight excluding hydrogens is 250 g/mol. The molecule has 0 aromatic carbocycles. The Morgan fingerprint density at radius 3 is 2.90 bits per heavy atom. The van der Waals surface area contributed by atoms with Crippen molar-refractivity contribution in [1.82, 2.24) is 19.7 Å². The van der Waals surface area contributed by atoms with Crippen molar-refractivity contribution in [3.05, 3.63) is 48.0 Å². The van der Waals surface area contributed by atoms with Gasteiger partial charge in [0.1, 0.15) is 0 Å². The summed E-state index contributed by atoms with van der Waals surface area (Å²) < 4.78 is 1.98. The van der Waals surface area contributed by atoms with Gasteiger partial charge in [0.25, 0.3) is 0 Å². The minimum Gasteiger partial charge on any atom is -0.329 e. The van der Waals surface area contributed by atoms with Crippen LogP contribution in [0.4, 0.5) is 0 Å². The van der Waals surface area contributed by atoms with E-state index in [1.165, 1.54) is 11.1 Å². The van der Waals surface area contributed by atoms with E-state index < -0.39 is 0 Å². The molecule has 5 heteroatoms. The maximum atomic E-state index is 5.95. The molecule has 2 aromatic heterocycles. The fraction of sp³-hybridized carbons (Fsp3) is 0.467. The van der Waals surface area contributed by atoms with Crippen molar-refractivity contribution in [2.45, 2.75) is 32.5 Å². The van der Waals surface area contributed by atoms with Gasteiger partial charge in [0.15, 0.2) is 0 Å². The highest BCUT2D eigenvalue weighted by Gasteiger charge is 2.17. The third kappa shape index (κ3) is 3.65. The zero-order valence-electron chi connectivity index (χ0n) is 12.2. The lowest BCUT2D eigenvalue weighted by atomic mass is 10.1. The minimum atomic E-state index is 0.181. The first-order valence-corrected chi connectivity index (χ1v) is 7.06. The summed E-state index contributed by atoms with van der Waals surface area (Å²) in [4.78, 5) is 6.39. The molecule has 0 spiro atoms. The van der Waals surface area contributed by atoms with Gasteiger partial charge < -0.3 is 5.73 Å². The first-order chi connectivity index (χ1) is 9.74. The van der Waals surface area contributed by atoms with Gasteiger partial charge >= 0.3 is 0 Å². The van der Waals surface area contributed by atoms with E-state index in [2.05, 4.69) is 41.2 Å². The van der Waals surface area contributed by atoms with Crippen LogP contribution in [0.3, 0.4) is 0 Å². The Labute approximate surface area is 120 Å². The van der Waals surface area contributed by atoms with Crippen molar-refractivity contribution in [1.29, 1.82) is 0 Å². The second kappa shape index (κ2) is 7.17. The fourth-order valence-corrected chi connectivity index (χ4v) is 2.36. The molecule has 5 nitrogen and oxygen atoms in total. The first-order valence-electron chi connectivity index (χ1n) is 7.06. The predicted octanol–water partition coefficient (Wildman–Crippen LogP) is 1.82. The van der Waals surface area contributed by atoms with Crippen LogP contribution in [-0.4, -0.2) is 33.3 Å². The summed E-state index contributed by atoms with van der Waals surface area (Å²) in [5.74, 6) is 0. The van der Waals surface area contributed by atoms with E-state index in [0.717, 1.165) is 19.5 Å². The summed E-state index contributed by atoms with van der Waals surface area (Å²) in [6.07, 6.45) is 8.79. The molecule has 0 aliphatic rings. The highest BCUT2D eigenvalue weighted by atomic mass is 15.3. The molecule has 2 aromatic rings. The highest BCUT2D eigenvalue weighted by molar-refractivity contribution is 5.13. The van der Waals surface area contributed by atoms with E-state index in [1.807, 2.05) is 23.1 Å². The average molecular weight is 273 g/mol. The number of rotatable bonds is 7. The Morgan fingerprint density at radius 1 is 1.40 bits per heavy atom. The molecule has 0 fully saturated rings. The topological polar surface area (TPSA) is 60.0 Å². The number of nitrogens with zero attached hydrogens (tertiary/aromatic N) is 4. The van der Waals surface area contributed by atoms with Crippen molar-refractivity contribution >= 4 is 0 Å². The SMILES string of the molecule is CCCn1cc(C(CN)N(C)Cc2cccnc2)cn1. The van der Waals surface area contributed by atoms with Crippen LogP contribution < -0.4 is 5.73 Å². The van der Waals surface area contributed by atoms with Crippen molar-refractivity contribution in [2.24, 2.45) is 5.73 Å². The molecule has 2 N–H and O–H groups in total. The zero-order chi connectivity index (χ0) is 14.4. The van der Waals surface area contributed by atoms with Crippen LogP contribution in [0.25, 0.3) is 0 Å². The molecule has 20 heavy (non-hydrogen) atoms. The summed E-state index contributed by atoms with van der Waals surface area (Å²) in [7, 11) is 2.09. The maximum absolute atomic E-state index is 5.95. The van der Waals surface area contributed by atoms with Crippen LogP contribution in [0, 0.1) is 0 Å². The Kier molecular flexibility index (Phi) is 5.26. The number of pyridine rings is 1. The fourth-order valence-electron chi connectivity index (χ4n) is 2.36. The van der Waals surface area contributed by atoms with Crippen LogP contribution in [0.5, 0.6) is 0 Å². The number of hydrogen-bond acceptors (Lipinski definition) is 4. The Morgan fingerprint density at radius 2 is 2.25 bits per heavy atom. The monoisotopic (exact) mass is 273 g/mol. The standard InChI is InChI=1S/C15H23N5/c1-3-7-20-12-14(10-18-20)15(8-16)19(2)11-13-5-4-6-17-9-13/h4-6,9-10,12,15H,3,7-8,11,16H2,1-2H3. The summed E-state index contributed by atoms with van der Waals surface area (Å²) in [6, 6.07) is 4.22. The summed E-state index contributed by atoms with van der Waals surface area (Å²) in [5.41, 5.74) is 8.31. The van der Waals surface area contributed by atoms with E-state index in [9.17, 15) is 0 Å². The van der Waals surface area contributed by atoms with Crippen molar-refractivity contribution in [2.75, 3.05) is 13.6 Å². The molecule has 1 unspecified atom stereocenters. The first kappa shape index (κ1) is 14.7. The summed E-state index contributed by atoms with van der Waals surface area (Å²) in [5, 5.41) is 4.39. The molecule has 0 saturated carbocycles. The number of likely N-dealkylation sites (N-methyl/N-ethyl adjacent to an activating group) is 1. The van der Waals surface area contributed by atoms with Gasteiger partial charge in [-0.15, -0.1) is 0 Å². The van der Waals surface area contributed by atoms with Gasteiger partial charge in [-0.2, -0.15) is 5.10 Å². The molecule has 0 radical (unpaired) electrons. The molecule has 0 bridgehead atoms. The third-order valence-electron chi connectivity index (χ3n) is 3.40. The lowest BCUT2D eigenvalue weighted by Crippen LogP contribution is -2.30. The second-order valence-corrected chi connectivity index (χ2v) is 5.06. The highest BCUT2D eigenvalue weighted by Crippen LogP contribution is 2.19. The van der Waals surface area contributed by atoms with Crippen molar-refractivity contribution in [3.8, 4) is 0 Å². The molecule has 0 aliphatic carbocycles. The third-order valence-corrected chi connectivity index (χ3v) is 3.40. The van der Waals surface area contributed by atoms with Crippen molar-refractivity contribution in [3.63, 3.8) is 0 Å². The van der Waals surface area contributed by atoms with Crippen LogP contribution >= 0.6 is 0 Å². The van der Waals surface area contributed by atoms with Crippen LogP contribution in [0.15, 0.2) is 36.9 Å². The predicted molar refractivity (Wildman–Crippen MR) is 80.0 cm³/mol. The number of aromatic nitrogens is 3. The molecular formula is C15H23N5. The Hall–Kier alpha value is -1.72. The second-order valence-electron chi connectivity index (χ2n) is 5.06. The lowest BCUT2D eigenvalue weighted by molar-refractivity contribution is 0.241. The lowest BCUT2D eigenvalue weighted by Gasteiger charge is -2.26. The molecule has 2 rings (SSSR count). The zero-order valence-corrected chi connectivity index (χ0v) is 12.2. The molecule has 0 aliphatic heterocycles. The van der Waals surface area contributed by atoms with Gasteiger partial charge in [0, 0.05) is 43.8 Å². The van der Waals surface area contributed by atoms with Crippen molar-refractivity contribution < 1.29 is 0 Å². The van der Waals surface area contributed by atoms with Gasteiger partial charge in [-0.05, 0) is 25.1 Å². The van der Waals surface area contributed by atoms with Gasteiger partial charge in [-0.1, -0.05) is 13.0 Å². The maximum Gasteiger partial charge on any atom is 0.0538 e. The van der Waals surface area contributed by atoms with Gasteiger partial charge in [0.2, 0.25) is 0 Å². The molecule has 108 valence electrons. The summed E-state index contributed by atoms with van der Waals surface area (Å²) in [6.45, 7) is 4.50. The summed E-state index contributed by atoms with van der Waals surface area (Å²) >= 11 is 0. The van der Waals surface area contributed by atoms with Gasteiger partial charge in [-0.3, -0.25) is 14.6 Å². The van der Waals surface area contributed by atoms with E-state index >= 15 is 0 Å². The van der Waals surface area contributed by atoms with Gasteiger partial charge in [-0.25, -0.2) is 0 Å². The van der Waals surface area contributed by atoms with E-state index in [1.54, 1.807) is 6.20 Å². The van der Waals surface area contributed by atoms with E-state index in [0.29, 0.717) is 6.54 Å². The average Bonchev–Trinajstić information content (AvgIpc) is 2.89. The van der Waals surface area contributed by atoms with Crippen LogP contribution in [0.2, 0.25) is 0 Å². The molecule has 0 amide bonds. The van der Waals surface area contributed by atoms with E-state index in [4.69, 9.17) is 5.73 Å². The largest absolute Gasteiger partial charge is 0.329 e. The quantitative estimate of drug-likeness (QED) is 0.836. The normalized spacial score (nSPS) is 12.8. The number of aryl methyl sites for hydroxylation is 1. The van der Waals surface area contributed by atoms with Crippen LogP contribution in [0.1, 0.15) is 30.5 Å². The number of nitrogens with two attached hydrogens (primary N) is 1. The van der Waals surface area contributed by atoms with E-state index in [-0.39, 0.29) is 6.04 Å². The smallest absolute Gasteiger partial charge is 0.0538 e. The molecule has 1 atom stereocenters. The minimum absolute atomic E-state index is 0.181. The van der Waals surface area contributed by atoms with Crippen LogP contribution in [-0.2, 0) is 13.1 Å². The molecule has 2 heterocycles. The molecule has 0 saturated heterocycles. The van der Waals surface area contributed by atoms with Gasteiger partial charge in [0.05, 0.1) is 12.2 Å². The number of hydrogen-bond donors (Lipinski definition) is 1.